The summed E-state index contributed by atoms with van der Waals surface area (Å²) >= 11 is 0. The van der Waals surface area contributed by atoms with Gasteiger partial charge in [-0.2, -0.15) is 13.2 Å². The summed E-state index contributed by atoms with van der Waals surface area (Å²) in [7, 11) is 0. The average molecular weight is 252 g/mol. The van der Waals surface area contributed by atoms with Crippen molar-refractivity contribution in [2.75, 3.05) is 19.6 Å². The topological polar surface area (TPSA) is 60.9 Å². The monoisotopic (exact) mass is 252 g/mol. The molecule has 8 heteroatoms. The first kappa shape index (κ1) is 12.0. The lowest BCUT2D eigenvalue weighted by molar-refractivity contribution is -0.184. The molecule has 2 rings (SSSR count). The van der Waals surface area contributed by atoms with Gasteiger partial charge in [-0.3, -0.25) is 4.79 Å². The normalized spacial score (nSPS) is 28.4. The lowest BCUT2D eigenvalue weighted by Crippen LogP contribution is -2.43. The van der Waals surface area contributed by atoms with Gasteiger partial charge >= 0.3 is 18.2 Å². The summed E-state index contributed by atoms with van der Waals surface area (Å²) in [5.74, 6) is -2.05. The third-order valence-electron chi connectivity index (χ3n) is 3.32. The Labute approximate surface area is 94.8 Å². The van der Waals surface area contributed by atoms with Crippen LogP contribution in [0.4, 0.5) is 18.0 Å². The van der Waals surface area contributed by atoms with E-state index in [1.165, 1.54) is 0 Å². The number of carboxylic acid groups (broad SMARTS) is 1. The molecule has 0 aromatic carbocycles. The molecule has 2 aliphatic rings. The van der Waals surface area contributed by atoms with Crippen molar-refractivity contribution in [2.45, 2.75) is 18.6 Å². The summed E-state index contributed by atoms with van der Waals surface area (Å²) < 4.78 is 36.6. The first-order valence-corrected chi connectivity index (χ1v) is 5.16. The molecule has 2 amide bonds. The fourth-order valence-electron chi connectivity index (χ4n) is 2.54. The van der Waals surface area contributed by atoms with E-state index in [1.807, 2.05) is 0 Å². The maximum absolute atomic E-state index is 12.2. The van der Waals surface area contributed by atoms with Crippen molar-refractivity contribution in [1.82, 2.24) is 9.80 Å². The van der Waals surface area contributed by atoms with E-state index in [9.17, 15) is 22.8 Å². The third kappa shape index (κ3) is 2.03. The van der Waals surface area contributed by atoms with Gasteiger partial charge < -0.3 is 14.9 Å². The van der Waals surface area contributed by atoms with E-state index in [1.54, 1.807) is 0 Å². The minimum absolute atomic E-state index is 0.00715. The third-order valence-corrected chi connectivity index (χ3v) is 3.32. The Kier molecular flexibility index (Phi) is 2.67. The predicted octanol–water partition coefficient (Wildman–Crippen LogP) is 0.759. The smallest absolute Gasteiger partial charge is 0.465 e. The van der Waals surface area contributed by atoms with Crippen molar-refractivity contribution in [3.8, 4) is 0 Å². The molecule has 0 saturated carbocycles. The number of nitrogens with zero attached hydrogens (tertiary/aromatic N) is 2. The van der Waals surface area contributed by atoms with Crippen molar-refractivity contribution < 1.29 is 27.9 Å². The van der Waals surface area contributed by atoms with Gasteiger partial charge in [-0.25, -0.2) is 4.79 Å². The summed E-state index contributed by atoms with van der Waals surface area (Å²) in [6, 6.07) is -0.487. The zero-order valence-corrected chi connectivity index (χ0v) is 8.78. The Morgan fingerprint density at radius 3 is 2.41 bits per heavy atom. The molecule has 0 aliphatic carbocycles. The number of alkyl halides is 3. The van der Waals surface area contributed by atoms with Gasteiger partial charge in [0.25, 0.3) is 0 Å². The Bertz CT molecular complexity index is 358. The van der Waals surface area contributed by atoms with Gasteiger partial charge in [-0.05, 0) is 6.42 Å². The van der Waals surface area contributed by atoms with E-state index in [0.717, 1.165) is 4.90 Å². The second kappa shape index (κ2) is 3.78. The van der Waals surface area contributed by atoms with Gasteiger partial charge in [0.1, 0.15) is 0 Å². The minimum Gasteiger partial charge on any atom is -0.465 e. The van der Waals surface area contributed by atoms with Crippen LogP contribution in [0.1, 0.15) is 6.42 Å². The average Bonchev–Trinajstić information content (AvgIpc) is 2.71. The van der Waals surface area contributed by atoms with Crippen LogP contribution in [0, 0.1) is 5.92 Å². The first-order valence-electron chi connectivity index (χ1n) is 5.16. The number of halogens is 3. The van der Waals surface area contributed by atoms with E-state index >= 15 is 0 Å². The predicted molar refractivity (Wildman–Crippen MR) is 49.3 cm³/mol. The first-order chi connectivity index (χ1) is 7.80. The molecule has 2 heterocycles. The largest absolute Gasteiger partial charge is 0.471 e. The second-order valence-corrected chi connectivity index (χ2v) is 4.30. The van der Waals surface area contributed by atoms with E-state index in [4.69, 9.17) is 5.11 Å². The molecule has 0 aromatic rings. The van der Waals surface area contributed by atoms with Crippen LogP contribution >= 0.6 is 0 Å². The Hall–Kier alpha value is -1.47. The lowest BCUT2D eigenvalue weighted by Gasteiger charge is -2.22. The molecule has 2 saturated heterocycles. The highest BCUT2D eigenvalue weighted by Gasteiger charge is 2.50. The number of rotatable bonds is 0. The maximum Gasteiger partial charge on any atom is 0.471 e. The molecule has 1 N–H and O–H groups in total. The van der Waals surface area contributed by atoms with Crippen LogP contribution in [0.25, 0.3) is 0 Å². The number of carbonyl (C=O) groups excluding carboxylic acids is 1. The molecule has 2 aliphatic heterocycles. The van der Waals surface area contributed by atoms with Crippen molar-refractivity contribution in [3.05, 3.63) is 0 Å². The van der Waals surface area contributed by atoms with Crippen molar-refractivity contribution in [3.63, 3.8) is 0 Å². The molecular weight excluding hydrogens is 241 g/mol. The van der Waals surface area contributed by atoms with E-state index < -0.39 is 24.2 Å². The van der Waals surface area contributed by atoms with Crippen LogP contribution in [-0.2, 0) is 4.79 Å². The van der Waals surface area contributed by atoms with Crippen molar-refractivity contribution in [2.24, 2.45) is 5.92 Å². The zero-order valence-electron chi connectivity index (χ0n) is 8.78. The zero-order chi connectivity index (χ0) is 12.8. The summed E-state index contributed by atoms with van der Waals surface area (Å²) in [5.41, 5.74) is 0. The summed E-state index contributed by atoms with van der Waals surface area (Å²) in [6.45, 7) is 0.167. The van der Waals surface area contributed by atoms with Gasteiger partial charge in [0.15, 0.2) is 0 Å². The van der Waals surface area contributed by atoms with Crippen LogP contribution in [0.15, 0.2) is 0 Å². The quantitative estimate of drug-likeness (QED) is 0.692. The molecular formula is C9H11F3N2O3. The highest BCUT2D eigenvalue weighted by molar-refractivity contribution is 5.82. The van der Waals surface area contributed by atoms with Crippen LogP contribution in [0.3, 0.4) is 0 Å². The molecule has 17 heavy (non-hydrogen) atoms. The van der Waals surface area contributed by atoms with Gasteiger partial charge in [0.05, 0.1) is 6.04 Å². The van der Waals surface area contributed by atoms with E-state index in [-0.39, 0.29) is 19.0 Å². The van der Waals surface area contributed by atoms with E-state index in [2.05, 4.69) is 0 Å². The highest BCUT2D eigenvalue weighted by atomic mass is 19.4. The van der Waals surface area contributed by atoms with Gasteiger partial charge in [-0.15, -0.1) is 0 Å². The number of fused-ring (bicyclic) bond motifs is 1. The minimum atomic E-state index is -4.88. The van der Waals surface area contributed by atoms with Crippen LogP contribution in [0.2, 0.25) is 0 Å². The van der Waals surface area contributed by atoms with Crippen molar-refractivity contribution >= 4 is 12.0 Å². The van der Waals surface area contributed by atoms with Crippen LogP contribution < -0.4 is 0 Å². The lowest BCUT2D eigenvalue weighted by atomic mass is 10.1. The van der Waals surface area contributed by atoms with E-state index in [0.29, 0.717) is 17.9 Å². The van der Waals surface area contributed by atoms with Crippen LogP contribution in [-0.4, -0.2) is 58.8 Å². The molecule has 96 valence electrons. The number of hydrogen-bond acceptors (Lipinski definition) is 2. The standard InChI is InChI=1S/C9H11F3N2O3/c10-9(11,12)7(15)13-3-5-1-2-14(8(16)17)6(5)4-13/h5-6H,1-4H2,(H,16,17)/t5-,6+/m1/s1. The number of likely N-dealkylation sites (tertiary alicyclic amines) is 2. The summed E-state index contributed by atoms with van der Waals surface area (Å²) in [5, 5.41) is 8.85. The molecule has 0 bridgehead atoms. The molecule has 2 fully saturated rings. The molecule has 0 aromatic heterocycles. The SMILES string of the molecule is O=C(O)N1CC[C@@H]2CN(C(=O)C(F)(F)F)C[C@@H]21. The highest BCUT2D eigenvalue weighted by Crippen LogP contribution is 2.33. The number of hydrogen-bond donors (Lipinski definition) is 1. The molecule has 0 radical (unpaired) electrons. The Morgan fingerprint density at radius 2 is 1.88 bits per heavy atom. The van der Waals surface area contributed by atoms with Gasteiger partial charge in [0.2, 0.25) is 0 Å². The molecule has 0 spiro atoms. The van der Waals surface area contributed by atoms with Gasteiger partial charge in [0, 0.05) is 25.6 Å². The number of amides is 2. The molecule has 2 atom stereocenters. The molecule has 0 unspecified atom stereocenters. The van der Waals surface area contributed by atoms with Crippen LogP contribution in [0.5, 0.6) is 0 Å². The summed E-state index contributed by atoms with van der Waals surface area (Å²) in [6.07, 6.45) is -5.51. The fourth-order valence-corrected chi connectivity index (χ4v) is 2.54. The maximum atomic E-state index is 12.2. The molecule has 5 nitrogen and oxygen atoms in total. The Balaban J connectivity index is 2.06. The van der Waals surface area contributed by atoms with Crippen molar-refractivity contribution in [1.29, 1.82) is 0 Å². The Morgan fingerprint density at radius 1 is 1.24 bits per heavy atom. The second-order valence-electron chi connectivity index (χ2n) is 4.30. The summed E-state index contributed by atoms with van der Waals surface area (Å²) in [4.78, 5) is 23.6. The fraction of sp³-hybridized carbons (Fsp3) is 0.778. The number of carbonyl (C=O) groups is 2. The van der Waals surface area contributed by atoms with Gasteiger partial charge in [-0.1, -0.05) is 0 Å².